The molecule has 14 heavy (non-hydrogen) atoms. The van der Waals surface area contributed by atoms with Crippen LogP contribution in [0.4, 0.5) is 5.82 Å². The van der Waals surface area contributed by atoms with Crippen LogP contribution >= 0.6 is 0 Å². The molecule has 0 aromatic carbocycles. The Balaban J connectivity index is 2.20. The molecule has 0 amide bonds. The van der Waals surface area contributed by atoms with Crippen LogP contribution in [0.15, 0.2) is 12.3 Å². The Kier molecular flexibility index (Phi) is 2.26. The molecule has 2 rings (SSSR count). The zero-order valence-electron chi connectivity index (χ0n) is 7.29. The van der Waals surface area contributed by atoms with Crippen LogP contribution in [0.25, 0.3) is 0 Å². The molecule has 1 aromatic rings. The smallest absolute Gasteiger partial charge is 0.234 e. The zero-order chi connectivity index (χ0) is 9.97. The van der Waals surface area contributed by atoms with E-state index in [4.69, 9.17) is 10.1 Å². The maximum atomic E-state index is 9.21. The molecule has 1 atom stereocenters. The quantitative estimate of drug-likeness (QED) is 0.643. The number of aliphatic hydroxyl groups excluding tert-OH is 1. The van der Waals surface area contributed by atoms with Gasteiger partial charge in [-0.25, -0.2) is 10.0 Å². The lowest BCUT2D eigenvalue weighted by Crippen LogP contribution is -2.21. The standard InChI is InChI=1S/C8H8N4O2/c9-3-7-10-2-1-8(11-7)12-4-6(13)5-14-12/h1-2,6,13H,4-5H2. The summed E-state index contributed by atoms with van der Waals surface area (Å²) in [5.41, 5.74) is 0. The Morgan fingerprint density at radius 3 is 3.21 bits per heavy atom. The lowest BCUT2D eigenvalue weighted by molar-refractivity contribution is 0.115. The molecule has 1 aliphatic heterocycles. The maximum absolute atomic E-state index is 9.21. The molecule has 0 saturated carbocycles. The van der Waals surface area contributed by atoms with Crippen LogP contribution in [-0.2, 0) is 4.84 Å². The number of aliphatic hydroxyl groups is 1. The van der Waals surface area contributed by atoms with Crippen molar-refractivity contribution < 1.29 is 9.94 Å². The Morgan fingerprint density at radius 1 is 1.71 bits per heavy atom. The van der Waals surface area contributed by atoms with Crippen molar-refractivity contribution in [3.8, 4) is 6.07 Å². The number of nitrogens with zero attached hydrogens (tertiary/aromatic N) is 4. The fraction of sp³-hybridized carbons (Fsp3) is 0.375. The SMILES string of the molecule is N#Cc1nccc(N2CC(O)CO2)n1. The minimum atomic E-state index is -0.504. The van der Waals surface area contributed by atoms with Gasteiger partial charge in [0, 0.05) is 12.3 Å². The summed E-state index contributed by atoms with van der Waals surface area (Å²) in [5.74, 6) is 0.584. The third-order valence-electron chi connectivity index (χ3n) is 1.80. The van der Waals surface area contributed by atoms with Gasteiger partial charge in [0.25, 0.3) is 0 Å². The Morgan fingerprint density at radius 2 is 2.57 bits per heavy atom. The molecular formula is C8H8N4O2. The minimum Gasteiger partial charge on any atom is -0.389 e. The van der Waals surface area contributed by atoms with Gasteiger partial charge in [-0.3, -0.25) is 4.84 Å². The van der Waals surface area contributed by atoms with E-state index in [-0.39, 0.29) is 12.4 Å². The van der Waals surface area contributed by atoms with Crippen LogP contribution < -0.4 is 5.06 Å². The van der Waals surface area contributed by atoms with E-state index in [9.17, 15) is 5.11 Å². The van der Waals surface area contributed by atoms with Crippen molar-refractivity contribution >= 4 is 5.82 Å². The second-order valence-corrected chi connectivity index (χ2v) is 2.86. The average molecular weight is 192 g/mol. The maximum Gasteiger partial charge on any atom is 0.234 e. The van der Waals surface area contributed by atoms with Crippen molar-refractivity contribution in [2.75, 3.05) is 18.2 Å². The van der Waals surface area contributed by atoms with E-state index >= 15 is 0 Å². The topological polar surface area (TPSA) is 82.3 Å². The lowest BCUT2D eigenvalue weighted by Gasteiger charge is -2.13. The molecule has 6 nitrogen and oxygen atoms in total. The molecule has 1 saturated heterocycles. The normalized spacial score (nSPS) is 20.9. The van der Waals surface area contributed by atoms with E-state index in [1.807, 2.05) is 6.07 Å². The molecule has 1 aromatic heterocycles. The molecule has 0 radical (unpaired) electrons. The molecule has 1 N–H and O–H groups in total. The lowest BCUT2D eigenvalue weighted by atomic mass is 10.4. The number of rotatable bonds is 1. The van der Waals surface area contributed by atoms with Gasteiger partial charge in [-0.1, -0.05) is 0 Å². The highest BCUT2D eigenvalue weighted by atomic mass is 16.7. The molecule has 2 heterocycles. The van der Waals surface area contributed by atoms with Crippen LogP contribution in [0, 0.1) is 11.3 Å². The summed E-state index contributed by atoms with van der Waals surface area (Å²) in [6.07, 6.45) is 0.977. The van der Waals surface area contributed by atoms with Gasteiger partial charge >= 0.3 is 0 Å². The number of hydrogen-bond acceptors (Lipinski definition) is 6. The van der Waals surface area contributed by atoms with E-state index in [0.29, 0.717) is 12.4 Å². The van der Waals surface area contributed by atoms with Gasteiger partial charge in [-0.2, -0.15) is 10.2 Å². The molecule has 0 aliphatic carbocycles. The molecule has 1 unspecified atom stereocenters. The van der Waals surface area contributed by atoms with Gasteiger partial charge < -0.3 is 5.11 Å². The fourth-order valence-corrected chi connectivity index (χ4v) is 1.17. The summed E-state index contributed by atoms with van der Waals surface area (Å²) in [4.78, 5) is 12.8. The summed E-state index contributed by atoms with van der Waals surface area (Å²) in [6.45, 7) is 0.619. The van der Waals surface area contributed by atoms with Crippen LogP contribution in [0.2, 0.25) is 0 Å². The number of aromatic nitrogens is 2. The van der Waals surface area contributed by atoms with Crippen LogP contribution in [0.3, 0.4) is 0 Å². The van der Waals surface area contributed by atoms with E-state index in [2.05, 4.69) is 9.97 Å². The van der Waals surface area contributed by atoms with Crippen molar-refractivity contribution in [2.45, 2.75) is 6.10 Å². The van der Waals surface area contributed by atoms with Gasteiger partial charge in [-0.05, 0) is 0 Å². The first-order valence-corrected chi connectivity index (χ1v) is 4.11. The molecule has 6 heteroatoms. The van der Waals surface area contributed by atoms with Crippen molar-refractivity contribution in [1.82, 2.24) is 9.97 Å². The number of hydrogen-bond donors (Lipinski definition) is 1. The van der Waals surface area contributed by atoms with Crippen LogP contribution in [0.5, 0.6) is 0 Å². The van der Waals surface area contributed by atoms with Crippen molar-refractivity contribution in [3.05, 3.63) is 18.1 Å². The minimum absolute atomic E-state index is 0.0903. The molecule has 0 spiro atoms. The summed E-state index contributed by atoms with van der Waals surface area (Å²) in [5, 5.41) is 19.2. The van der Waals surface area contributed by atoms with Crippen LogP contribution in [-0.4, -0.2) is 34.3 Å². The summed E-state index contributed by atoms with van der Waals surface area (Å²) in [7, 11) is 0. The summed E-state index contributed by atoms with van der Waals surface area (Å²) < 4.78 is 0. The average Bonchev–Trinajstić information content (AvgIpc) is 2.65. The highest BCUT2D eigenvalue weighted by Crippen LogP contribution is 2.15. The Bertz CT molecular complexity index is 376. The third kappa shape index (κ3) is 1.64. The van der Waals surface area contributed by atoms with Crippen LogP contribution in [0.1, 0.15) is 5.82 Å². The number of β-amino-alcohol motifs (C(OH)–C–C–N with tert-alkyl or cyclic N) is 1. The predicted molar refractivity (Wildman–Crippen MR) is 46.1 cm³/mol. The molecule has 1 fully saturated rings. The highest BCUT2D eigenvalue weighted by Gasteiger charge is 2.22. The molecule has 72 valence electrons. The fourth-order valence-electron chi connectivity index (χ4n) is 1.17. The van der Waals surface area contributed by atoms with E-state index in [1.165, 1.54) is 11.3 Å². The monoisotopic (exact) mass is 192 g/mol. The largest absolute Gasteiger partial charge is 0.389 e. The second-order valence-electron chi connectivity index (χ2n) is 2.86. The van der Waals surface area contributed by atoms with E-state index in [0.717, 1.165) is 0 Å². The van der Waals surface area contributed by atoms with E-state index in [1.54, 1.807) is 6.07 Å². The zero-order valence-corrected chi connectivity index (χ0v) is 7.29. The first kappa shape index (κ1) is 8.87. The number of anilines is 1. The predicted octanol–water partition coefficient (Wildman–Crippen LogP) is -0.539. The van der Waals surface area contributed by atoms with Gasteiger partial charge in [0.15, 0.2) is 5.82 Å². The van der Waals surface area contributed by atoms with Crippen molar-refractivity contribution in [2.24, 2.45) is 0 Å². The molecule has 1 aliphatic rings. The number of nitriles is 1. The van der Waals surface area contributed by atoms with Gasteiger partial charge in [0.05, 0.1) is 12.6 Å². The van der Waals surface area contributed by atoms with Gasteiger partial charge in [-0.15, -0.1) is 0 Å². The Hall–Kier alpha value is -1.71. The molecular weight excluding hydrogens is 184 g/mol. The highest BCUT2D eigenvalue weighted by molar-refractivity contribution is 5.36. The van der Waals surface area contributed by atoms with Crippen molar-refractivity contribution in [3.63, 3.8) is 0 Å². The van der Waals surface area contributed by atoms with Gasteiger partial charge in [0.2, 0.25) is 5.82 Å². The first-order valence-electron chi connectivity index (χ1n) is 4.11. The summed E-state index contributed by atoms with van der Waals surface area (Å²) >= 11 is 0. The van der Waals surface area contributed by atoms with Crippen molar-refractivity contribution in [1.29, 1.82) is 5.26 Å². The number of hydroxylamine groups is 1. The van der Waals surface area contributed by atoms with Gasteiger partial charge in [0.1, 0.15) is 12.7 Å². The first-order chi connectivity index (χ1) is 6.79. The Labute approximate surface area is 80.3 Å². The third-order valence-corrected chi connectivity index (χ3v) is 1.80. The van der Waals surface area contributed by atoms with E-state index < -0.39 is 6.10 Å². The summed E-state index contributed by atoms with van der Waals surface area (Å²) in [6, 6.07) is 3.46. The molecule has 0 bridgehead atoms. The second kappa shape index (κ2) is 3.57.